The number of nitrogens with two attached hydrogens (primary N) is 1. The summed E-state index contributed by atoms with van der Waals surface area (Å²) < 4.78 is 5.51. The van der Waals surface area contributed by atoms with Crippen LogP contribution in [0, 0.1) is 0 Å². The second kappa shape index (κ2) is 5.96. The van der Waals surface area contributed by atoms with E-state index in [0.717, 1.165) is 5.01 Å². The third kappa shape index (κ3) is 3.30. The first kappa shape index (κ1) is 14.4. The van der Waals surface area contributed by atoms with Gasteiger partial charge in [0.1, 0.15) is 10.7 Å². The molecule has 0 radical (unpaired) electrons. The highest BCUT2D eigenvalue weighted by atomic mass is 32.1. The second-order valence-corrected chi connectivity index (χ2v) is 5.71. The van der Waals surface area contributed by atoms with Crippen molar-refractivity contribution in [1.82, 2.24) is 9.88 Å². The summed E-state index contributed by atoms with van der Waals surface area (Å²) in [5, 5.41) is 11.6. The Labute approximate surface area is 116 Å². The van der Waals surface area contributed by atoms with Crippen molar-refractivity contribution in [3.05, 3.63) is 16.1 Å². The first-order valence-corrected chi connectivity index (χ1v) is 7.15. The summed E-state index contributed by atoms with van der Waals surface area (Å²) in [6.45, 7) is 4.55. The van der Waals surface area contributed by atoms with E-state index < -0.39 is 0 Å². The van der Waals surface area contributed by atoms with Crippen molar-refractivity contribution in [3.63, 3.8) is 0 Å². The Morgan fingerprint density at radius 3 is 3.05 bits per heavy atom. The Hall–Kier alpha value is -1.02. The van der Waals surface area contributed by atoms with Crippen LogP contribution >= 0.6 is 11.3 Å². The molecule has 0 aliphatic carbocycles. The van der Waals surface area contributed by atoms with Crippen molar-refractivity contribution >= 4 is 17.2 Å². The maximum absolute atomic E-state index is 12.3. The van der Waals surface area contributed by atoms with Crippen LogP contribution in [0.2, 0.25) is 0 Å². The molecular formula is C12H19N3O3S. The van der Waals surface area contributed by atoms with E-state index in [1.54, 1.807) is 10.3 Å². The number of aliphatic hydroxyl groups is 1. The van der Waals surface area contributed by atoms with Gasteiger partial charge in [-0.1, -0.05) is 0 Å². The highest BCUT2D eigenvalue weighted by molar-refractivity contribution is 7.09. The summed E-state index contributed by atoms with van der Waals surface area (Å²) in [5.74, 6) is -0.128. The van der Waals surface area contributed by atoms with Crippen LogP contribution in [0.25, 0.3) is 0 Å². The highest BCUT2D eigenvalue weighted by Crippen LogP contribution is 2.19. The van der Waals surface area contributed by atoms with Crippen molar-refractivity contribution < 1.29 is 14.6 Å². The molecule has 1 aliphatic heterocycles. The number of rotatable bonds is 3. The predicted octanol–water partition coefficient (Wildman–Crippen LogP) is 0.385. The van der Waals surface area contributed by atoms with Crippen molar-refractivity contribution in [1.29, 1.82) is 0 Å². The molecule has 19 heavy (non-hydrogen) atoms. The lowest BCUT2D eigenvalue weighted by atomic mass is 10.2. The molecule has 1 saturated heterocycles. The molecular weight excluding hydrogens is 266 g/mol. The van der Waals surface area contributed by atoms with Gasteiger partial charge in [-0.05, 0) is 13.8 Å². The molecule has 2 rings (SSSR count). The van der Waals surface area contributed by atoms with Crippen molar-refractivity contribution in [2.75, 3.05) is 19.7 Å². The van der Waals surface area contributed by atoms with Crippen LogP contribution in [-0.2, 0) is 4.74 Å². The SMILES string of the molecule is CC1CN(C(=O)c2csc(C(C)N)n2)CC(CO)O1. The number of aliphatic hydroxyl groups excluding tert-OH is 1. The zero-order valence-corrected chi connectivity index (χ0v) is 11.9. The molecule has 6 nitrogen and oxygen atoms in total. The maximum Gasteiger partial charge on any atom is 0.273 e. The topological polar surface area (TPSA) is 88.7 Å². The minimum Gasteiger partial charge on any atom is -0.394 e. The normalized spacial score (nSPS) is 25.4. The van der Waals surface area contributed by atoms with E-state index in [2.05, 4.69) is 4.98 Å². The molecule has 3 atom stereocenters. The molecule has 0 aromatic carbocycles. The van der Waals surface area contributed by atoms with Gasteiger partial charge in [0, 0.05) is 18.5 Å². The summed E-state index contributed by atoms with van der Waals surface area (Å²) in [7, 11) is 0. The summed E-state index contributed by atoms with van der Waals surface area (Å²) in [6, 6.07) is -0.166. The smallest absolute Gasteiger partial charge is 0.273 e. The van der Waals surface area contributed by atoms with E-state index in [1.165, 1.54) is 11.3 Å². The van der Waals surface area contributed by atoms with Gasteiger partial charge >= 0.3 is 0 Å². The first-order chi connectivity index (χ1) is 9.01. The van der Waals surface area contributed by atoms with E-state index >= 15 is 0 Å². The molecule has 3 unspecified atom stereocenters. The first-order valence-electron chi connectivity index (χ1n) is 6.27. The van der Waals surface area contributed by atoms with Gasteiger partial charge in [0.25, 0.3) is 5.91 Å². The van der Waals surface area contributed by atoms with Crippen LogP contribution in [0.3, 0.4) is 0 Å². The number of hydrogen-bond acceptors (Lipinski definition) is 6. The van der Waals surface area contributed by atoms with Crippen molar-refractivity contribution in [3.8, 4) is 0 Å². The third-order valence-electron chi connectivity index (χ3n) is 2.95. The minimum atomic E-state index is -0.320. The molecule has 3 N–H and O–H groups in total. The van der Waals surface area contributed by atoms with E-state index in [-0.39, 0.29) is 30.8 Å². The fourth-order valence-corrected chi connectivity index (χ4v) is 2.82. The van der Waals surface area contributed by atoms with E-state index in [4.69, 9.17) is 15.6 Å². The quantitative estimate of drug-likeness (QED) is 0.838. The lowest BCUT2D eigenvalue weighted by Gasteiger charge is -2.35. The molecule has 0 saturated carbocycles. The van der Waals surface area contributed by atoms with Gasteiger partial charge in [0.15, 0.2) is 0 Å². The fraction of sp³-hybridized carbons (Fsp3) is 0.667. The van der Waals surface area contributed by atoms with Crippen LogP contribution in [0.5, 0.6) is 0 Å². The number of carbonyl (C=O) groups is 1. The van der Waals surface area contributed by atoms with Gasteiger partial charge in [0.05, 0.1) is 24.9 Å². The number of ether oxygens (including phenoxy) is 1. The standard InChI is InChI=1S/C12H19N3O3S/c1-7-3-15(4-9(5-16)18-7)12(17)10-6-19-11(14-10)8(2)13/h6-9,16H,3-5,13H2,1-2H3. The van der Waals surface area contributed by atoms with Gasteiger partial charge in [-0.15, -0.1) is 11.3 Å². The second-order valence-electron chi connectivity index (χ2n) is 4.82. The third-order valence-corrected chi connectivity index (χ3v) is 3.99. The van der Waals surface area contributed by atoms with E-state index in [9.17, 15) is 4.79 Å². The number of aromatic nitrogens is 1. The largest absolute Gasteiger partial charge is 0.394 e. The number of carbonyl (C=O) groups excluding carboxylic acids is 1. The van der Waals surface area contributed by atoms with Crippen LogP contribution in [0.4, 0.5) is 0 Å². The lowest BCUT2D eigenvalue weighted by molar-refractivity contribution is -0.0859. The molecule has 0 spiro atoms. The van der Waals surface area contributed by atoms with Crippen molar-refractivity contribution in [2.24, 2.45) is 5.73 Å². The molecule has 1 aliphatic rings. The van der Waals surface area contributed by atoms with Gasteiger partial charge in [-0.2, -0.15) is 0 Å². The van der Waals surface area contributed by atoms with E-state index in [0.29, 0.717) is 18.8 Å². The predicted molar refractivity (Wildman–Crippen MR) is 72.0 cm³/mol. The molecule has 1 amide bonds. The molecule has 106 valence electrons. The number of thiazole rings is 1. The summed E-state index contributed by atoms with van der Waals surface area (Å²) in [4.78, 5) is 18.3. The monoisotopic (exact) mass is 285 g/mol. The van der Waals surface area contributed by atoms with Crippen molar-refractivity contribution in [2.45, 2.75) is 32.1 Å². The molecule has 1 fully saturated rings. The molecule has 0 bridgehead atoms. The van der Waals surface area contributed by atoms with Crippen LogP contribution in [0.1, 0.15) is 35.4 Å². The summed E-state index contributed by atoms with van der Waals surface area (Å²) in [6.07, 6.45) is -0.402. The Balaban J connectivity index is 2.09. The van der Waals surface area contributed by atoms with Gasteiger partial charge in [0.2, 0.25) is 0 Å². The fourth-order valence-electron chi connectivity index (χ4n) is 2.07. The Morgan fingerprint density at radius 2 is 2.47 bits per heavy atom. The minimum absolute atomic E-state index is 0.0820. The number of nitrogens with zero attached hydrogens (tertiary/aromatic N) is 2. The average Bonchev–Trinajstić information content (AvgIpc) is 2.86. The molecule has 1 aromatic heterocycles. The van der Waals surface area contributed by atoms with Crippen LogP contribution in [0.15, 0.2) is 5.38 Å². The zero-order valence-electron chi connectivity index (χ0n) is 11.1. The van der Waals surface area contributed by atoms with Gasteiger partial charge in [-0.3, -0.25) is 4.79 Å². The molecule has 2 heterocycles. The molecule has 1 aromatic rings. The number of amides is 1. The zero-order chi connectivity index (χ0) is 14.0. The lowest BCUT2D eigenvalue weighted by Crippen LogP contribution is -2.50. The molecule has 7 heteroatoms. The van der Waals surface area contributed by atoms with Crippen LogP contribution < -0.4 is 5.73 Å². The average molecular weight is 285 g/mol. The highest BCUT2D eigenvalue weighted by Gasteiger charge is 2.29. The Morgan fingerprint density at radius 1 is 1.74 bits per heavy atom. The summed E-state index contributed by atoms with van der Waals surface area (Å²) in [5.41, 5.74) is 6.16. The number of morpholine rings is 1. The Kier molecular flexibility index (Phi) is 4.51. The van der Waals surface area contributed by atoms with Gasteiger partial charge in [-0.25, -0.2) is 4.98 Å². The number of hydrogen-bond donors (Lipinski definition) is 2. The summed E-state index contributed by atoms with van der Waals surface area (Å²) >= 11 is 1.39. The maximum atomic E-state index is 12.3. The Bertz CT molecular complexity index is 449. The van der Waals surface area contributed by atoms with Gasteiger partial charge < -0.3 is 20.5 Å². The van der Waals surface area contributed by atoms with Crippen LogP contribution in [-0.4, -0.2) is 52.8 Å². The van der Waals surface area contributed by atoms with E-state index in [1.807, 2.05) is 13.8 Å².